The average molecular weight is 219 g/mol. The van der Waals surface area contributed by atoms with Crippen LogP contribution in [0.25, 0.3) is 0 Å². The molecular weight excluding hydrogens is 202 g/mol. The summed E-state index contributed by atoms with van der Waals surface area (Å²) in [5.41, 5.74) is 7.38. The molecule has 0 aromatic heterocycles. The molecule has 3 heteroatoms. The normalized spacial score (nSPS) is 17.2. The Labute approximate surface area is 95.6 Å². The number of carbonyl (C=O) groups excluding carboxylic acids is 1. The molecule has 0 saturated carbocycles. The van der Waals surface area contributed by atoms with E-state index >= 15 is 0 Å². The highest BCUT2D eigenvalue weighted by Crippen LogP contribution is 2.18. The smallest absolute Gasteiger partial charge is 0.140 e. The highest BCUT2D eigenvalue weighted by atomic mass is 16.5. The maximum atomic E-state index is 12.0. The Kier molecular flexibility index (Phi) is 3.57. The first-order valence-electron chi connectivity index (χ1n) is 5.70. The fourth-order valence-corrected chi connectivity index (χ4v) is 2.00. The van der Waals surface area contributed by atoms with Crippen LogP contribution < -0.4 is 5.73 Å². The molecule has 1 aromatic carbocycles. The first kappa shape index (κ1) is 11.1. The minimum Gasteiger partial charge on any atom is -0.399 e. The van der Waals surface area contributed by atoms with Gasteiger partial charge in [-0.05, 0) is 30.5 Å². The van der Waals surface area contributed by atoms with Crippen molar-refractivity contribution in [3.05, 3.63) is 29.8 Å². The standard InChI is InChI=1S/C13H17NO2/c14-12-3-1-10(2-4-12)9-13(15)11-5-7-16-8-6-11/h1-4,11H,5-9,14H2. The number of ketones is 1. The quantitative estimate of drug-likeness (QED) is 0.789. The van der Waals surface area contributed by atoms with Crippen LogP contribution in [0.2, 0.25) is 0 Å². The first-order valence-corrected chi connectivity index (χ1v) is 5.70. The summed E-state index contributed by atoms with van der Waals surface area (Å²) in [6.07, 6.45) is 2.26. The number of carbonyl (C=O) groups is 1. The van der Waals surface area contributed by atoms with Crippen LogP contribution in [0.15, 0.2) is 24.3 Å². The number of ether oxygens (including phenoxy) is 1. The molecule has 2 rings (SSSR count). The predicted octanol–water partition coefficient (Wildman–Crippen LogP) is 1.81. The van der Waals surface area contributed by atoms with Crippen molar-refractivity contribution in [3.63, 3.8) is 0 Å². The summed E-state index contributed by atoms with van der Waals surface area (Å²) in [7, 11) is 0. The Bertz CT molecular complexity index is 353. The third-order valence-corrected chi connectivity index (χ3v) is 3.03. The van der Waals surface area contributed by atoms with Gasteiger partial charge in [-0.25, -0.2) is 0 Å². The summed E-state index contributed by atoms with van der Waals surface area (Å²) in [6.45, 7) is 1.44. The fourth-order valence-electron chi connectivity index (χ4n) is 2.00. The third-order valence-electron chi connectivity index (χ3n) is 3.03. The van der Waals surface area contributed by atoms with Crippen molar-refractivity contribution >= 4 is 11.5 Å². The number of benzene rings is 1. The summed E-state index contributed by atoms with van der Waals surface area (Å²) < 4.78 is 5.25. The largest absolute Gasteiger partial charge is 0.399 e. The highest BCUT2D eigenvalue weighted by molar-refractivity contribution is 5.83. The van der Waals surface area contributed by atoms with E-state index in [1.54, 1.807) is 0 Å². The lowest BCUT2D eigenvalue weighted by molar-refractivity contribution is -0.125. The Morgan fingerprint density at radius 1 is 1.25 bits per heavy atom. The number of Topliss-reactive ketones (excluding diaryl/α,β-unsaturated/α-hetero) is 1. The van der Waals surface area contributed by atoms with Crippen LogP contribution in [0.1, 0.15) is 18.4 Å². The predicted molar refractivity (Wildman–Crippen MR) is 63.1 cm³/mol. The molecule has 0 radical (unpaired) electrons. The molecule has 1 aromatic rings. The molecule has 16 heavy (non-hydrogen) atoms. The van der Waals surface area contributed by atoms with Crippen LogP contribution in [0.4, 0.5) is 5.69 Å². The molecule has 1 aliphatic heterocycles. The Morgan fingerprint density at radius 2 is 1.88 bits per heavy atom. The molecule has 0 amide bonds. The zero-order valence-electron chi connectivity index (χ0n) is 9.32. The van der Waals surface area contributed by atoms with Crippen molar-refractivity contribution in [1.82, 2.24) is 0 Å². The van der Waals surface area contributed by atoms with Gasteiger partial charge in [-0.15, -0.1) is 0 Å². The van der Waals surface area contributed by atoms with Gasteiger partial charge in [0.2, 0.25) is 0 Å². The molecular formula is C13H17NO2. The Morgan fingerprint density at radius 3 is 2.50 bits per heavy atom. The Balaban J connectivity index is 1.93. The average Bonchev–Trinajstić information content (AvgIpc) is 2.33. The fraction of sp³-hybridized carbons (Fsp3) is 0.462. The van der Waals surface area contributed by atoms with Gasteiger partial charge in [0.25, 0.3) is 0 Å². The lowest BCUT2D eigenvalue weighted by Gasteiger charge is -2.20. The minimum absolute atomic E-state index is 0.186. The van der Waals surface area contributed by atoms with Crippen molar-refractivity contribution in [2.24, 2.45) is 5.92 Å². The van der Waals surface area contributed by atoms with Gasteiger partial charge in [0, 0.05) is 31.2 Å². The van der Waals surface area contributed by atoms with Gasteiger partial charge in [0.15, 0.2) is 0 Å². The lowest BCUT2D eigenvalue weighted by Crippen LogP contribution is -2.24. The summed E-state index contributed by atoms with van der Waals surface area (Å²) in [5.74, 6) is 0.513. The van der Waals surface area contributed by atoms with Gasteiger partial charge >= 0.3 is 0 Å². The molecule has 1 fully saturated rings. The number of anilines is 1. The molecule has 0 bridgehead atoms. The molecule has 1 saturated heterocycles. The van der Waals surface area contributed by atoms with Crippen LogP contribution in [0, 0.1) is 5.92 Å². The summed E-state index contributed by atoms with van der Waals surface area (Å²) in [5, 5.41) is 0. The van der Waals surface area contributed by atoms with E-state index in [1.165, 1.54) is 0 Å². The van der Waals surface area contributed by atoms with Crippen molar-refractivity contribution in [1.29, 1.82) is 0 Å². The number of nitrogen functional groups attached to an aromatic ring is 1. The van der Waals surface area contributed by atoms with E-state index in [4.69, 9.17) is 10.5 Å². The molecule has 0 unspecified atom stereocenters. The molecule has 0 atom stereocenters. The van der Waals surface area contributed by atoms with E-state index in [-0.39, 0.29) is 5.92 Å². The van der Waals surface area contributed by atoms with Crippen molar-refractivity contribution < 1.29 is 9.53 Å². The van der Waals surface area contributed by atoms with Gasteiger partial charge < -0.3 is 10.5 Å². The molecule has 1 aliphatic rings. The van der Waals surface area contributed by atoms with Gasteiger partial charge in [0.1, 0.15) is 5.78 Å². The van der Waals surface area contributed by atoms with Gasteiger partial charge in [-0.1, -0.05) is 12.1 Å². The molecule has 3 nitrogen and oxygen atoms in total. The Hall–Kier alpha value is -1.35. The van der Waals surface area contributed by atoms with Crippen LogP contribution in [-0.2, 0) is 16.0 Å². The van der Waals surface area contributed by atoms with Crippen LogP contribution >= 0.6 is 0 Å². The second-order valence-corrected chi connectivity index (χ2v) is 4.27. The van der Waals surface area contributed by atoms with E-state index in [9.17, 15) is 4.79 Å². The molecule has 0 aliphatic carbocycles. The molecule has 86 valence electrons. The maximum Gasteiger partial charge on any atom is 0.140 e. The van der Waals surface area contributed by atoms with Crippen molar-refractivity contribution in [3.8, 4) is 0 Å². The monoisotopic (exact) mass is 219 g/mol. The topological polar surface area (TPSA) is 52.3 Å². The number of nitrogens with two attached hydrogens (primary N) is 1. The van der Waals surface area contributed by atoms with E-state index in [1.807, 2.05) is 24.3 Å². The number of hydrogen-bond donors (Lipinski definition) is 1. The van der Waals surface area contributed by atoms with Crippen molar-refractivity contribution in [2.45, 2.75) is 19.3 Å². The number of rotatable bonds is 3. The lowest BCUT2D eigenvalue weighted by atomic mass is 9.91. The van der Waals surface area contributed by atoms with E-state index in [2.05, 4.69) is 0 Å². The van der Waals surface area contributed by atoms with Gasteiger partial charge in [0.05, 0.1) is 0 Å². The maximum absolute atomic E-state index is 12.0. The van der Waals surface area contributed by atoms with Crippen LogP contribution in [0.5, 0.6) is 0 Å². The van der Waals surface area contributed by atoms with Gasteiger partial charge in [-0.2, -0.15) is 0 Å². The highest BCUT2D eigenvalue weighted by Gasteiger charge is 2.21. The van der Waals surface area contributed by atoms with E-state index in [0.717, 1.165) is 37.3 Å². The second kappa shape index (κ2) is 5.12. The van der Waals surface area contributed by atoms with E-state index < -0.39 is 0 Å². The SMILES string of the molecule is Nc1ccc(CC(=O)C2CCOCC2)cc1. The van der Waals surface area contributed by atoms with Crippen molar-refractivity contribution in [2.75, 3.05) is 18.9 Å². The molecule has 2 N–H and O–H groups in total. The molecule has 0 spiro atoms. The number of hydrogen-bond acceptors (Lipinski definition) is 3. The molecule has 1 heterocycles. The van der Waals surface area contributed by atoms with Crippen LogP contribution in [-0.4, -0.2) is 19.0 Å². The second-order valence-electron chi connectivity index (χ2n) is 4.27. The van der Waals surface area contributed by atoms with Crippen LogP contribution in [0.3, 0.4) is 0 Å². The van der Waals surface area contributed by atoms with E-state index in [0.29, 0.717) is 12.2 Å². The first-order chi connectivity index (χ1) is 7.75. The summed E-state index contributed by atoms with van der Waals surface area (Å²) in [6, 6.07) is 7.53. The zero-order valence-corrected chi connectivity index (χ0v) is 9.32. The summed E-state index contributed by atoms with van der Waals surface area (Å²) >= 11 is 0. The minimum atomic E-state index is 0.186. The van der Waals surface area contributed by atoms with Gasteiger partial charge in [-0.3, -0.25) is 4.79 Å². The third kappa shape index (κ3) is 2.83. The zero-order chi connectivity index (χ0) is 11.4. The summed E-state index contributed by atoms with van der Waals surface area (Å²) in [4.78, 5) is 12.0.